The van der Waals surface area contributed by atoms with Crippen molar-refractivity contribution in [1.29, 1.82) is 5.41 Å². The SMILES string of the molecule is COc1ccc(CC(=O)NC(=N)N[C@H](CC(C)C)C(=O)NCc2ccc([S+](N)[O-])cc2)cc1OC. The van der Waals surface area contributed by atoms with Crippen LogP contribution in [0.15, 0.2) is 47.4 Å². The van der Waals surface area contributed by atoms with E-state index in [2.05, 4.69) is 16.0 Å². The van der Waals surface area contributed by atoms with Gasteiger partial charge in [0.05, 0.1) is 32.0 Å². The molecule has 6 N–H and O–H groups in total. The zero-order valence-corrected chi connectivity index (χ0v) is 21.2. The van der Waals surface area contributed by atoms with Gasteiger partial charge < -0.3 is 24.7 Å². The van der Waals surface area contributed by atoms with E-state index in [9.17, 15) is 14.1 Å². The summed E-state index contributed by atoms with van der Waals surface area (Å²) in [6, 6.07) is 11.2. The van der Waals surface area contributed by atoms with Crippen LogP contribution in [0, 0.1) is 11.3 Å². The molecule has 11 heteroatoms. The molecule has 2 rings (SSSR count). The molecule has 0 saturated heterocycles. The van der Waals surface area contributed by atoms with Gasteiger partial charge in [-0.3, -0.25) is 20.3 Å². The number of benzene rings is 2. The number of methoxy groups -OCH3 is 2. The Labute approximate surface area is 208 Å². The maximum atomic E-state index is 12.8. The molecule has 2 amide bonds. The molecule has 35 heavy (non-hydrogen) atoms. The van der Waals surface area contributed by atoms with E-state index in [1.165, 1.54) is 14.2 Å². The van der Waals surface area contributed by atoms with Gasteiger partial charge in [0.15, 0.2) is 22.4 Å². The monoisotopic (exact) mass is 503 g/mol. The molecule has 0 radical (unpaired) electrons. The van der Waals surface area contributed by atoms with Gasteiger partial charge in [-0.15, -0.1) is 5.14 Å². The molecule has 0 bridgehead atoms. The zero-order valence-electron chi connectivity index (χ0n) is 20.3. The average molecular weight is 504 g/mol. The minimum absolute atomic E-state index is 0.0229. The minimum Gasteiger partial charge on any atom is -0.593 e. The summed E-state index contributed by atoms with van der Waals surface area (Å²) < 4.78 is 21.7. The van der Waals surface area contributed by atoms with Gasteiger partial charge in [0.25, 0.3) is 0 Å². The fraction of sp³-hybridized carbons (Fsp3) is 0.375. The summed E-state index contributed by atoms with van der Waals surface area (Å²) in [5, 5.41) is 21.6. The molecular weight excluding hydrogens is 470 g/mol. The maximum Gasteiger partial charge on any atom is 0.242 e. The lowest BCUT2D eigenvalue weighted by molar-refractivity contribution is -0.123. The van der Waals surface area contributed by atoms with E-state index in [0.717, 1.165) is 5.56 Å². The Morgan fingerprint density at radius 3 is 2.26 bits per heavy atom. The first-order chi connectivity index (χ1) is 16.6. The molecule has 0 aliphatic rings. The normalized spacial score (nSPS) is 12.4. The highest BCUT2D eigenvalue weighted by Crippen LogP contribution is 2.27. The molecule has 10 nitrogen and oxygen atoms in total. The molecule has 2 aromatic carbocycles. The number of carbonyl (C=O) groups is 2. The molecule has 0 heterocycles. The molecule has 190 valence electrons. The smallest absolute Gasteiger partial charge is 0.242 e. The van der Waals surface area contributed by atoms with Crippen LogP contribution in [0.25, 0.3) is 0 Å². The lowest BCUT2D eigenvalue weighted by atomic mass is 10.0. The average Bonchev–Trinajstić information content (AvgIpc) is 2.81. The third-order valence-electron chi connectivity index (χ3n) is 5.04. The van der Waals surface area contributed by atoms with Gasteiger partial charge in [-0.2, -0.15) is 0 Å². The van der Waals surface area contributed by atoms with E-state index in [1.54, 1.807) is 42.5 Å². The minimum atomic E-state index is -1.56. The number of nitrogens with one attached hydrogen (secondary N) is 4. The van der Waals surface area contributed by atoms with Gasteiger partial charge in [-0.25, -0.2) is 0 Å². The maximum absolute atomic E-state index is 12.8. The van der Waals surface area contributed by atoms with E-state index >= 15 is 0 Å². The second-order valence-corrected chi connectivity index (χ2v) is 9.34. The first-order valence-electron chi connectivity index (χ1n) is 11.0. The highest BCUT2D eigenvalue weighted by atomic mass is 32.2. The highest BCUT2D eigenvalue weighted by Gasteiger charge is 2.21. The van der Waals surface area contributed by atoms with Gasteiger partial charge >= 0.3 is 0 Å². The van der Waals surface area contributed by atoms with E-state index in [-0.39, 0.29) is 30.8 Å². The standard InChI is InChI=1S/C24H33N5O5S/c1-15(2)11-19(23(31)27-14-16-5-8-18(9-6-16)35(26)32)28-24(25)29-22(30)13-17-7-10-20(33-3)21(12-17)34-4/h5-10,12,15,19H,11,13-14,26H2,1-4H3,(H,27,31)(H3,25,28,29,30)/t19-,35?/m1/s1. The quantitative estimate of drug-likeness (QED) is 0.177. The molecule has 1 unspecified atom stereocenters. The van der Waals surface area contributed by atoms with Crippen LogP contribution in [0.5, 0.6) is 11.5 Å². The fourth-order valence-electron chi connectivity index (χ4n) is 3.33. The van der Waals surface area contributed by atoms with Crippen molar-refractivity contribution in [2.75, 3.05) is 14.2 Å². The number of ether oxygens (including phenoxy) is 2. The van der Waals surface area contributed by atoms with Crippen LogP contribution in [0.4, 0.5) is 0 Å². The van der Waals surface area contributed by atoms with E-state index < -0.39 is 23.3 Å². The zero-order chi connectivity index (χ0) is 26.0. The van der Waals surface area contributed by atoms with E-state index in [1.807, 2.05) is 13.8 Å². The van der Waals surface area contributed by atoms with Crippen LogP contribution in [0.3, 0.4) is 0 Å². The molecule has 0 aliphatic heterocycles. The Morgan fingerprint density at radius 1 is 1.06 bits per heavy atom. The van der Waals surface area contributed by atoms with Crippen molar-refractivity contribution < 1.29 is 23.6 Å². The molecule has 0 saturated carbocycles. The van der Waals surface area contributed by atoms with Crippen LogP contribution in [0.2, 0.25) is 0 Å². The van der Waals surface area contributed by atoms with E-state index in [4.69, 9.17) is 20.0 Å². The molecule has 0 fully saturated rings. The number of nitrogens with two attached hydrogens (primary N) is 1. The summed E-state index contributed by atoms with van der Waals surface area (Å²) in [5.74, 6) is 0.266. The number of rotatable bonds is 11. The van der Waals surface area contributed by atoms with Crippen LogP contribution < -0.4 is 30.6 Å². The van der Waals surface area contributed by atoms with Crippen molar-refractivity contribution in [3.63, 3.8) is 0 Å². The van der Waals surface area contributed by atoms with Crippen LogP contribution in [-0.4, -0.2) is 42.6 Å². The Morgan fingerprint density at radius 2 is 1.69 bits per heavy atom. The predicted octanol–water partition coefficient (Wildman–Crippen LogP) is 1.60. The molecular formula is C24H33N5O5S. The van der Waals surface area contributed by atoms with Crippen molar-refractivity contribution in [1.82, 2.24) is 16.0 Å². The lowest BCUT2D eigenvalue weighted by Gasteiger charge is -2.21. The lowest BCUT2D eigenvalue weighted by Crippen LogP contribution is -2.52. The molecule has 2 aromatic rings. The Kier molecular flexibility index (Phi) is 10.8. The highest BCUT2D eigenvalue weighted by molar-refractivity contribution is 7.89. The van der Waals surface area contributed by atoms with Gasteiger partial charge in [0.2, 0.25) is 11.8 Å². The fourth-order valence-corrected chi connectivity index (χ4v) is 3.73. The summed E-state index contributed by atoms with van der Waals surface area (Å²) in [7, 11) is 3.04. The largest absolute Gasteiger partial charge is 0.593 e. The summed E-state index contributed by atoms with van der Waals surface area (Å²) in [4.78, 5) is 25.7. The van der Waals surface area contributed by atoms with Crippen LogP contribution >= 0.6 is 0 Å². The van der Waals surface area contributed by atoms with Crippen molar-refractivity contribution >= 4 is 29.1 Å². The van der Waals surface area contributed by atoms with Gasteiger partial charge in [-0.1, -0.05) is 32.0 Å². The number of hydrogen-bond acceptors (Lipinski definition) is 7. The van der Waals surface area contributed by atoms with Gasteiger partial charge in [0.1, 0.15) is 6.04 Å². The van der Waals surface area contributed by atoms with E-state index in [0.29, 0.717) is 28.4 Å². The molecule has 0 aromatic heterocycles. The van der Waals surface area contributed by atoms with Crippen molar-refractivity contribution in [2.24, 2.45) is 11.1 Å². The van der Waals surface area contributed by atoms with Crippen molar-refractivity contribution in [3.05, 3.63) is 53.6 Å². The molecule has 0 aliphatic carbocycles. The predicted molar refractivity (Wildman–Crippen MR) is 134 cm³/mol. The number of hydrogen-bond donors (Lipinski definition) is 5. The first-order valence-corrected chi connectivity index (χ1v) is 12.2. The second kappa shape index (κ2) is 13.6. The van der Waals surface area contributed by atoms with Gasteiger partial charge in [0, 0.05) is 6.54 Å². The summed E-state index contributed by atoms with van der Waals surface area (Å²) in [5.41, 5.74) is 1.50. The number of guanidine groups is 1. The first kappa shape index (κ1) is 28.0. The summed E-state index contributed by atoms with van der Waals surface area (Å²) in [6.45, 7) is 4.19. The summed E-state index contributed by atoms with van der Waals surface area (Å²) in [6.07, 6.45) is 0.486. The molecule has 2 atom stereocenters. The topological polar surface area (TPSA) is 162 Å². The second-order valence-electron chi connectivity index (χ2n) is 8.27. The number of amides is 2. The number of carbonyl (C=O) groups excluding carboxylic acids is 2. The molecule has 0 spiro atoms. The van der Waals surface area contributed by atoms with Crippen molar-refractivity contribution in [3.8, 4) is 11.5 Å². The summed E-state index contributed by atoms with van der Waals surface area (Å²) >= 11 is -1.56. The van der Waals surface area contributed by atoms with Gasteiger partial charge in [-0.05, 0) is 47.7 Å². The van der Waals surface area contributed by atoms with Crippen molar-refractivity contribution in [2.45, 2.75) is 44.2 Å². The van der Waals surface area contributed by atoms with Crippen LogP contribution in [-0.2, 0) is 33.9 Å². The third-order valence-corrected chi connectivity index (χ3v) is 5.78. The Hall–Kier alpha value is -3.28. The third kappa shape index (κ3) is 9.12. The van der Waals surface area contributed by atoms with Crippen LogP contribution in [0.1, 0.15) is 31.4 Å². The Bertz CT molecular complexity index is 1010. The Balaban J connectivity index is 1.93.